The molecule has 118 valence electrons. The van der Waals surface area contributed by atoms with Gasteiger partial charge in [-0.3, -0.25) is 0 Å². The topological polar surface area (TPSA) is 65.1 Å². The standard InChI is InChI=1S/C14H21NO5S/c1-18-11-9-12(19-2)14(13(10-11)20-3)21(16,17)15-7-5-4-6-8-15/h9-10H,4-8H2,1-3H3. The number of hydrogen-bond acceptors (Lipinski definition) is 5. The molecule has 1 aromatic rings. The molecule has 7 heteroatoms. The lowest BCUT2D eigenvalue weighted by Crippen LogP contribution is -2.36. The van der Waals surface area contributed by atoms with Gasteiger partial charge in [0.05, 0.1) is 21.3 Å². The number of nitrogens with zero attached hydrogens (tertiary/aromatic N) is 1. The van der Waals surface area contributed by atoms with E-state index in [4.69, 9.17) is 14.2 Å². The Bertz CT molecular complexity index is 568. The maximum atomic E-state index is 12.9. The van der Waals surface area contributed by atoms with Crippen LogP contribution in [0.1, 0.15) is 19.3 Å². The van der Waals surface area contributed by atoms with Crippen LogP contribution in [-0.4, -0.2) is 47.1 Å². The van der Waals surface area contributed by atoms with Gasteiger partial charge in [0.15, 0.2) is 4.90 Å². The van der Waals surface area contributed by atoms with Gasteiger partial charge in [-0.25, -0.2) is 8.42 Å². The molecule has 1 aliphatic heterocycles. The van der Waals surface area contributed by atoms with Crippen LogP contribution in [-0.2, 0) is 10.0 Å². The van der Waals surface area contributed by atoms with Crippen molar-refractivity contribution in [2.45, 2.75) is 24.2 Å². The molecule has 0 N–H and O–H groups in total. The molecule has 6 nitrogen and oxygen atoms in total. The second-order valence-electron chi connectivity index (χ2n) is 4.83. The van der Waals surface area contributed by atoms with Gasteiger partial charge in [-0.15, -0.1) is 0 Å². The summed E-state index contributed by atoms with van der Waals surface area (Å²) in [6, 6.07) is 3.11. The fourth-order valence-corrected chi connectivity index (χ4v) is 4.25. The normalized spacial score (nSPS) is 16.5. The van der Waals surface area contributed by atoms with Crippen molar-refractivity contribution in [3.05, 3.63) is 12.1 Å². The Morgan fingerprint density at radius 2 is 1.43 bits per heavy atom. The molecule has 0 aliphatic carbocycles. The molecule has 2 rings (SSSR count). The Hall–Kier alpha value is -1.47. The van der Waals surface area contributed by atoms with E-state index in [0.29, 0.717) is 18.8 Å². The average Bonchev–Trinajstić information content (AvgIpc) is 2.54. The number of piperidine rings is 1. The zero-order valence-corrected chi connectivity index (χ0v) is 13.4. The van der Waals surface area contributed by atoms with Crippen molar-refractivity contribution in [1.82, 2.24) is 4.31 Å². The predicted molar refractivity (Wildman–Crippen MR) is 78.7 cm³/mol. The zero-order valence-electron chi connectivity index (χ0n) is 12.6. The maximum absolute atomic E-state index is 12.9. The van der Waals surface area contributed by atoms with E-state index in [1.54, 1.807) is 12.1 Å². The van der Waals surface area contributed by atoms with Gasteiger partial charge in [-0.05, 0) is 12.8 Å². The minimum absolute atomic E-state index is 0.0650. The van der Waals surface area contributed by atoms with E-state index in [9.17, 15) is 8.42 Å². The number of rotatable bonds is 5. The summed E-state index contributed by atoms with van der Waals surface area (Å²) in [6.07, 6.45) is 2.81. The minimum Gasteiger partial charge on any atom is -0.496 e. The molecule has 0 atom stereocenters. The Kier molecular flexibility index (Phi) is 4.95. The highest BCUT2D eigenvalue weighted by Gasteiger charge is 2.32. The SMILES string of the molecule is COc1cc(OC)c(S(=O)(=O)N2CCCCC2)c(OC)c1. The van der Waals surface area contributed by atoms with Crippen LogP contribution >= 0.6 is 0 Å². The fourth-order valence-electron chi connectivity index (χ4n) is 2.46. The summed E-state index contributed by atoms with van der Waals surface area (Å²) in [7, 11) is 0.730. The second kappa shape index (κ2) is 6.53. The molecule has 1 saturated heterocycles. The Morgan fingerprint density at radius 3 is 1.86 bits per heavy atom. The summed E-state index contributed by atoms with van der Waals surface area (Å²) in [5, 5.41) is 0. The number of ether oxygens (including phenoxy) is 3. The lowest BCUT2D eigenvalue weighted by molar-refractivity contribution is 0.332. The summed E-state index contributed by atoms with van der Waals surface area (Å²) in [5.74, 6) is 0.954. The van der Waals surface area contributed by atoms with Crippen molar-refractivity contribution in [3.8, 4) is 17.2 Å². The molecule has 0 radical (unpaired) electrons. The summed E-state index contributed by atoms with van der Waals surface area (Å²) in [4.78, 5) is 0.0650. The molecule has 1 aromatic carbocycles. The van der Waals surface area contributed by atoms with Crippen molar-refractivity contribution < 1.29 is 22.6 Å². The summed E-state index contributed by atoms with van der Waals surface area (Å²) >= 11 is 0. The first-order chi connectivity index (χ1) is 10.0. The molecular weight excluding hydrogens is 294 g/mol. The van der Waals surface area contributed by atoms with Crippen LogP contribution in [0.2, 0.25) is 0 Å². The van der Waals surface area contributed by atoms with Gasteiger partial charge in [0, 0.05) is 25.2 Å². The van der Waals surface area contributed by atoms with Crippen LogP contribution in [0.3, 0.4) is 0 Å². The van der Waals surface area contributed by atoms with E-state index >= 15 is 0 Å². The Labute approximate surface area is 125 Å². The van der Waals surface area contributed by atoms with Crippen molar-refractivity contribution in [2.24, 2.45) is 0 Å². The molecule has 1 aliphatic rings. The number of benzene rings is 1. The van der Waals surface area contributed by atoms with E-state index in [-0.39, 0.29) is 16.4 Å². The summed E-state index contributed by atoms with van der Waals surface area (Å²) in [5.41, 5.74) is 0. The first-order valence-electron chi connectivity index (χ1n) is 6.84. The minimum atomic E-state index is -3.64. The van der Waals surface area contributed by atoms with Crippen LogP contribution in [0.5, 0.6) is 17.2 Å². The zero-order chi connectivity index (χ0) is 15.5. The average molecular weight is 315 g/mol. The van der Waals surface area contributed by atoms with Crippen molar-refractivity contribution in [3.63, 3.8) is 0 Å². The van der Waals surface area contributed by atoms with Crippen LogP contribution in [0.25, 0.3) is 0 Å². The van der Waals surface area contributed by atoms with Gasteiger partial charge in [0.2, 0.25) is 10.0 Å². The fraction of sp³-hybridized carbons (Fsp3) is 0.571. The quantitative estimate of drug-likeness (QED) is 0.830. The van der Waals surface area contributed by atoms with Crippen molar-refractivity contribution >= 4 is 10.0 Å². The Balaban J connectivity index is 2.55. The van der Waals surface area contributed by atoms with E-state index in [1.165, 1.54) is 25.6 Å². The number of methoxy groups -OCH3 is 3. The lowest BCUT2D eigenvalue weighted by Gasteiger charge is -2.27. The molecule has 21 heavy (non-hydrogen) atoms. The van der Waals surface area contributed by atoms with Crippen molar-refractivity contribution in [1.29, 1.82) is 0 Å². The highest BCUT2D eigenvalue weighted by molar-refractivity contribution is 7.89. The van der Waals surface area contributed by atoms with Gasteiger partial charge in [-0.1, -0.05) is 6.42 Å². The largest absolute Gasteiger partial charge is 0.496 e. The first kappa shape index (κ1) is 15.9. The molecule has 0 unspecified atom stereocenters. The monoisotopic (exact) mass is 315 g/mol. The summed E-state index contributed by atoms with van der Waals surface area (Å²) in [6.45, 7) is 1.06. The highest BCUT2D eigenvalue weighted by atomic mass is 32.2. The molecular formula is C14H21NO5S. The van der Waals surface area contributed by atoms with Gasteiger partial charge in [0.25, 0.3) is 0 Å². The van der Waals surface area contributed by atoms with Crippen LogP contribution in [0.15, 0.2) is 17.0 Å². The third-order valence-electron chi connectivity index (χ3n) is 3.58. The molecule has 0 bridgehead atoms. The molecule has 1 heterocycles. The van der Waals surface area contributed by atoms with Gasteiger partial charge >= 0.3 is 0 Å². The van der Waals surface area contributed by atoms with Gasteiger partial charge in [-0.2, -0.15) is 4.31 Å². The van der Waals surface area contributed by atoms with Crippen LogP contribution in [0, 0.1) is 0 Å². The van der Waals surface area contributed by atoms with E-state index in [2.05, 4.69) is 0 Å². The van der Waals surface area contributed by atoms with E-state index in [0.717, 1.165) is 19.3 Å². The van der Waals surface area contributed by atoms with Crippen LogP contribution < -0.4 is 14.2 Å². The molecule has 0 amide bonds. The third-order valence-corrected chi connectivity index (χ3v) is 5.55. The molecule has 1 fully saturated rings. The number of hydrogen-bond donors (Lipinski definition) is 0. The Morgan fingerprint density at radius 1 is 0.905 bits per heavy atom. The highest BCUT2D eigenvalue weighted by Crippen LogP contribution is 2.39. The molecule has 0 saturated carbocycles. The summed E-state index contributed by atoms with van der Waals surface area (Å²) < 4.78 is 42.9. The molecule has 0 spiro atoms. The third kappa shape index (κ3) is 3.08. The van der Waals surface area contributed by atoms with E-state index in [1.807, 2.05) is 0 Å². The number of sulfonamides is 1. The molecule has 0 aromatic heterocycles. The van der Waals surface area contributed by atoms with E-state index < -0.39 is 10.0 Å². The predicted octanol–water partition coefficient (Wildman–Crippen LogP) is 1.89. The van der Waals surface area contributed by atoms with Crippen LogP contribution in [0.4, 0.5) is 0 Å². The van der Waals surface area contributed by atoms with Gasteiger partial charge in [0.1, 0.15) is 17.2 Å². The smallest absolute Gasteiger partial charge is 0.250 e. The first-order valence-corrected chi connectivity index (χ1v) is 8.28. The van der Waals surface area contributed by atoms with Crippen molar-refractivity contribution in [2.75, 3.05) is 34.4 Å². The van der Waals surface area contributed by atoms with Gasteiger partial charge < -0.3 is 14.2 Å². The maximum Gasteiger partial charge on any atom is 0.250 e. The second-order valence-corrected chi connectivity index (χ2v) is 6.70. The lowest BCUT2D eigenvalue weighted by atomic mass is 10.2.